The van der Waals surface area contributed by atoms with E-state index in [4.69, 9.17) is 9.47 Å². The summed E-state index contributed by atoms with van der Waals surface area (Å²) in [5.41, 5.74) is 2.59. The van der Waals surface area contributed by atoms with Crippen molar-refractivity contribution in [1.82, 2.24) is 5.32 Å². The average Bonchev–Trinajstić information content (AvgIpc) is 2.44. The number of hydrogen-bond acceptors (Lipinski definition) is 4. The van der Waals surface area contributed by atoms with E-state index in [1.165, 1.54) is 11.1 Å². The van der Waals surface area contributed by atoms with Crippen molar-refractivity contribution >= 4 is 5.97 Å². The fourth-order valence-corrected chi connectivity index (χ4v) is 2.53. The molecule has 104 valence electrons. The summed E-state index contributed by atoms with van der Waals surface area (Å²) in [6.45, 7) is 2.50. The summed E-state index contributed by atoms with van der Waals surface area (Å²) in [7, 11) is 1.67. The molecule has 1 aromatic carbocycles. The third-order valence-electron chi connectivity index (χ3n) is 3.47. The topological polar surface area (TPSA) is 47.6 Å². The highest BCUT2D eigenvalue weighted by molar-refractivity contribution is 5.71. The van der Waals surface area contributed by atoms with E-state index in [-0.39, 0.29) is 18.6 Å². The molecule has 4 nitrogen and oxygen atoms in total. The van der Waals surface area contributed by atoms with E-state index >= 15 is 0 Å². The van der Waals surface area contributed by atoms with E-state index in [9.17, 15) is 4.79 Å². The Bertz CT molecular complexity index is 445. The molecule has 1 unspecified atom stereocenters. The Balaban J connectivity index is 2.06. The summed E-state index contributed by atoms with van der Waals surface area (Å²) in [4.78, 5) is 11.4. The number of benzene rings is 1. The molecular weight excluding hydrogens is 242 g/mol. The van der Waals surface area contributed by atoms with Crippen LogP contribution < -0.4 is 10.1 Å². The maximum absolute atomic E-state index is 11.4. The Morgan fingerprint density at radius 1 is 1.47 bits per heavy atom. The first-order chi connectivity index (χ1) is 9.24. The number of methoxy groups -OCH3 is 1. The number of aryl methyl sites for hydroxylation is 1. The van der Waals surface area contributed by atoms with Gasteiger partial charge in [-0.05, 0) is 49.4 Å². The number of ether oxygens (including phenoxy) is 2. The standard InChI is InChI=1S/C15H21NO3/c1-3-19-15(17)10-16-14-6-4-5-11-7-8-12(18-2)9-13(11)14/h7-9,14,16H,3-6,10H2,1-2H3. The van der Waals surface area contributed by atoms with Gasteiger partial charge in [-0.25, -0.2) is 0 Å². The van der Waals surface area contributed by atoms with Crippen LogP contribution in [0.15, 0.2) is 18.2 Å². The van der Waals surface area contributed by atoms with Gasteiger partial charge >= 0.3 is 5.97 Å². The molecule has 4 heteroatoms. The number of carbonyl (C=O) groups is 1. The molecular formula is C15H21NO3. The lowest BCUT2D eigenvalue weighted by molar-refractivity contribution is -0.142. The maximum Gasteiger partial charge on any atom is 0.319 e. The van der Waals surface area contributed by atoms with E-state index < -0.39 is 0 Å². The lowest BCUT2D eigenvalue weighted by Crippen LogP contribution is -2.31. The third-order valence-corrected chi connectivity index (χ3v) is 3.47. The minimum Gasteiger partial charge on any atom is -0.497 e. The van der Waals surface area contributed by atoms with Crippen LogP contribution in [-0.2, 0) is 16.0 Å². The molecule has 1 aliphatic rings. The minimum absolute atomic E-state index is 0.197. The van der Waals surface area contributed by atoms with Crippen LogP contribution in [0.25, 0.3) is 0 Å². The molecule has 0 aliphatic heterocycles. The molecule has 1 atom stereocenters. The van der Waals surface area contributed by atoms with E-state index in [0.717, 1.165) is 25.0 Å². The van der Waals surface area contributed by atoms with Gasteiger partial charge in [-0.15, -0.1) is 0 Å². The summed E-state index contributed by atoms with van der Waals surface area (Å²) in [6, 6.07) is 6.39. The maximum atomic E-state index is 11.4. The monoisotopic (exact) mass is 263 g/mol. The predicted molar refractivity (Wildman–Crippen MR) is 73.3 cm³/mol. The van der Waals surface area contributed by atoms with Crippen LogP contribution in [0.1, 0.15) is 36.9 Å². The van der Waals surface area contributed by atoms with E-state index in [1.54, 1.807) is 7.11 Å². The Morgan fingerprint density at radius 3 is 3.05 bits per heavy atom. The second kappa shape index (κ2) is 6.57. The summed E-state index contributed by atoms with van der Waals surface area (Å²) in [6.07, 6.45) is 3.27. The number of carbonyl (C=O) groups excluding carboxylic acids is 1. The summed E-state index contributed by atoms with van der Waals surface area (Å²) in [5.74, 6) is 0.668. The molecule has 0 aromatic heterocycles. The largest absolute Gasteiger partial charge is 0.497 e. The highest BCUT2D eigenvalue weighted by Gasteiger charge is 2.21. The normalized spacial score (nSPS) is 17.7. The number of nitrogens with one attached hydrogen (secondary N) is 1. The molecule has 0 fully saturated rings. The predicted octanol–water partition coefficient (Wildman–Crippen LogP) is 2.23. The molecule has 19 heavy (non-hydrogen) atoms. The number of hydrogen-bond donors (Lipinski definition) is 1. The van der Waals surface area contributed by atoms with Gasteiger partial charge in [0.05, 0.1) is 20.3 Å². The molecule has 0 radical (unpaired) electrons. The highest BCUT2D eigenvalue weighted by atomic mass is 16.5. The zero-order chi connectivity index (χ0) is 13.7. The van der Waals surface area contributed by atoms with Crippen LogP contribution in [0, 0.1) is 0 Å². The Hall–Kier alpha value is -1.55. The zero-order valence-corrected chi connectivity index (χ0v) is 11.6. The lowest BCUT2D eigenvalue weighted by Gasteiger charge is -2.26. The molecule has 0 saturated heterocycles. The molecule has 0 bridgehead atoms. The van der Waals surface area contributed by atoms with Gasteiger partial charge in [0.15, 0.2) is 0 Å². The van der Waals surface area contributed by atoms with Gasteiger partial charge in [0.25, 0.3) is 0 Å². The molecule has 1 N–H and O–H groups in total. The zero-order valence-electron chi connectivity index (χ0n) is 11.6. The summed E-state index contributed by atoms with van der Waals surface area (Å²) in [5, 5.41) is 3.28. The van der Waals surface area contributed by atoms with Gasteiger partial charge in [0, 0.05) is 6.04 Å². The second-order valence-electron chi connectivity index (χ2n) is 4.70. The first-order valence-electron chi connectivity index (χ1n) is 6.80. The molecule has 1 aliphatic carbocycles. The first-order valence-corrected chi connectivity index (χ1v) is 6.80. The van der Waals surface area contributed by atoms with Gasteiger partial charge in [-0.1, -0.05) is 6.07 Å². The van der Waals surface area contributed by atoms with Gasteiger partial charge in [-0.3, -0.25) is 4.79 Å². The van der Waals surface area contributed by atoms with Crippen molar-refractivity contribution in [3.05, 3.63) is 29.3 Å². The van der Waals surface area contributed by atoms with Crippen molar-refractivity contribution in [2.75, 3.05) is 20.3 Å². The van der Waals surface area contributed by atoms with Crippen molar-refractivity contribution in [2.45, 2.75) is 32.2 Å². The smallest absolute Gasteiger partial charge is 0.319 e. The van der Waals surface area contributed by atoms with Crippen molar-refractivity contribution in [1.29, 1.82) is 0 Å². The number of esters is 1. The van der Waals surface area contributed by atoms with Crippen molar-refractivity contribution in [2.24, 2.45) is 0 Å². The first kappa shape index (κ1) is 13.9. The van der Waals surface area contributed by atoms with Gasteiger partial charge < -0.3 is 14.8 Å². The highest BCUT2D eigenvalue weighted by Crippen LogP contribution is 2.32. The molecule has 2 rings (SSSR count). The van der Waals surface area contributed by atoms with Crippen molar-refractivity contribution in [3.63, 3.8) is 0 Å². The van der Waals surface area contributed by atoms with Crippen molar-refractivity contribution < 1.29 is 14.3 Å². The van der Waals surface area contributed by atoms with Gasteiger partial charge in [0.2, 0.25) is 0 Å². The Labute approximate surface area is 114 Å². The van der Waals surface area contributed by atoms with Crippen molar-refractivity contribution in [3.8, 4) is 5.75 Å². The fourth-order valence-electron chi connectivity index (χ4n) is 2.53. The summed E-state index contributed by atoms with van der Waals surface area (Å²) < 4.78 is 10.2. The van der Waals surface area contributed by atoms with E-state index in [0.29, 0.717) is 6.61 Å². The average molecular weight is 263 g/mol. The Kier molecular flexibility index (Phi) is 4.80. The van der Waals surface area contributed by atoms with Gasteiger partial charge in [0.1, 0.15) is 5.75 Å². The SMILES string of the molecule is CCOC(=O)CNC1CCCc2ccc(OC)cc21. The molecule has 0 saturated carbocycles. The number of fused-ring (bicyclic) bond motifs is 1. The van der Waals surface area contributed by atoms with Crippen LogP contribution in [-0.4, -0.2) is 26.2 Å². The molecule has 0 spiro atoms. The van der Waals surface area contributed by atoms with Crippen LogP contribution >= 0.6 is 0 Å². The Morgan fingerprint density at radius 2 is 2.32 bits per heavy atom. The van der Waals surface area contributed by atoms with Crippen LogP contribution in [0.5, 0.6) is 5.75 Å². The summed E-state index contributed by atoms with van der Waals surface area (Å²) >= 11 is 0. The van der Waals surface area contributed by atoms with E-state index in [1.807, 2.05) is 13.0 Å². The second-order valence-corrected chi connectivity index (χ2v) is 4.70. The molecule has 0 heterocycles. The molecule has 1 aromatic rings. The van der Waals surface area contributed by atoms with E-state index in [2.05, 4.69) is 17.4 Å². The minimum atomic E-state index is -0.197. The van der Waals surface area contributed by atoms with Gasteiger partial charge in [-0.2, -0.15) is 0 Å². The van der Waals surface area contributed by atoms with Crippen LogP contribution in [0.2, 0.25) is 0 Å². The third kappa shape index (κ3) is 3.47. The van der Waals surface area contributed by atoms with Crippen LogP contribution in [0.3, 0.4) is 0 Å². The number of rotatable bonds is 5. The molecule has 0 amide bonds. The van der Waals surface area contributed by atoms with Crippen LogP contribution in [0.4, 0.5) is 0 Å². The quantitative estimate of drug-likeness (QED) is 0.828. The lowest BCUT2D eigenvalue weighted by atomic mass is 9.87. The fraction of sp³-hybridized carbons (Fsp3) is 0.533.